The van der Waals surface area contributed by atoms with E-state index in [2.05, 4.69) is 16.0 Å². The van der Waals surface area contributed by atoms with E-state index in [4.69, 9.17) is 11.6 Å². The van der Waals surface area contributed by atoms with Gasteiger partial charge in [-0.15, -0.1) is 0 Å². The Kier molecular flexibility index (Phi) is 6.39. The topological polar surface area (TPSA) is 57.8 Å². The second kappa shape index (κ2) is 9.55. The van der Waals surface area contributed by atoms with E-state index in [9.17, 15) is 10.1 Å². The monoisotopic (exact) mass is 439 g/mol. The van der Waals surface area contributed by atoms with E-state index in [0.29, 0.717) is 18.1 Å². The molecule has 5 heteroatoms. The molecule has 0 aliphatic carbocycles. The van der Waals surface area contributed by atoms with Crippen molar-refractivity contribution in [3.63, 3.8) is 0 Å². The van der Waals surface area contributed by atoms with Gasteiger partial charge in [0.05, 0.1) is 0 Å². The number of nitrogens with one attached hydrogen (secondary N) is 1. The number of carbonyl (C=O) groups is 1. The van der Waals surface area contributed by atoms with Crippen LogP contribution in [0.2, 0.25) is 5.02 Å². The number of fused-ring (bicyclic) bond motifs is 1. The average molecular weight is 440 g/mol. The molecule has 4 rings (SSSR count). The Morgan fingerprint density at radius 3 is 2.47 bits per heavy atom. The molecule has 1 heterocycles. The van der Waals surface area contributed by atoms with Gasteiger partial charge >= 0.3 is 0 Å². The summed E-state index contributed by atoms with van der Waals surface area (Å²) in [5.74, 6) is -0.390. The minimum atomic E-state index is -0.390. The maximum absolute atomic E-state index is 12.7. The molecule has 0 spiro atoms. The van der Waals surface area contributed by atoms with E-state index in [0.717, 1.165) is 33.3 Å². The van der Waals surface area contributed by atoms with Crippen molar-refractivity contribution in [2.45, 2.75) is 20.0 Å². The van der Waals surface area contributed by atoms with Gasteiger partial charge in [0.25, 0.3) is 5.91 Å². The van der Waals surface area contributed by atoms with Crippen molar-refractivity contribution < 1.29 is 4.79 Å². The lowest BCUT2D eigenvalue weighted by Crippen LogP contribution is -2.23. The highest BCUT2D eigenvalue weighted by Gasteiger charge is 2.16. The van der Waals surface area contributed by atoms with Crippen LogP contribution in [0.3, 0.4) is 0 Å². The Labute approximate surface area is 192 Å². The Hall–Kier alpha value is -3.81. The number of halogens is 1. The van der Waals surface area contributed by atoms with E-state index in [1.165, 1.54) is 0 Å². The second-order valence-electron chi connectivity index (χ2n) is 7.53. The first-order valence-electron chi connectivity index (χ1n) is 10.3. The van der Waals surface area contributed by atoms with Crippen LogP contribution < -0.4 is 5.32 Å². The molecule has 0 aliphatic heterocycles. The van der Waals surface area contributed by atoms with Crippen molar-refractivity contribution in [1.82, 2.24) is 9.88 Å². The molecule has 4 nitrogen and oxygen atoms in total. The summed E-state index contributed by atoms with van der Waals surface area (Å²) in [6, 6.07) is 27.4. The molecule has 4 aromatic rings. The summed E-state index contributed by atoms with van der Waals surface area (Å²) in [6.07, 6.45) is 1.68. The normalized spacial score (nSPS) is 11.3. The van der Waals surface area contributed by atoms with Crippen LogP contribution in [0, 0.1) is 18.3 Å². The molecule has 1 aromatic heterocycles. The van der Waals surface area contributed by atoms with E-state index >= 15 is 0 Å². The number of rotatable bonds is 6. The summed E-state index contributed by atoms with van der Waals surface area (Å²) < 4.78 is 2.17. The Morgan fingerprint density at radius 2 is 1.72 bits per heavy atom. The number of nitriles is 1. The highest BCUT2D eigenvalue weighted by atomic mass is 35.5. The van der Waals surface area contributed by atoms with Crippen molar-refractivity contribution >= 4 is 34.5 Å². The van der Waals surface area contributed by atoms with Crippen molar-refractivity contribution in [1.29, 1.82) is 5.26 Å². The predicted molar refractivity (Wildman–Crippen MR) is 129 cm³/mol. The standard InChI is InChI=1S/C27H22ClN3O/c1-19-24(15-22(16-29)27(32)30-17-20-9-3-2-4-10-20)23-12-6-8-14-26(23)31(19)18-21-11-5-7-13-25(21)28/h2-15H,17-18H2,1H3,(H,30,32)/b22-15+. The molecule has 0 unspecified atom stereocenters. The summed E-state index contributed by atoms with van der Waals surface area (Å²) in [5.41, 5.74) is 4.91. The fourth-order valence-corrected chi connectivity index (χ4v) is 4.00. The van der Waals surface area contributed by atoms with E-state index < -0.39 is 5.91 Å². The summed E-state index contributed by atoms with van der Waals surface area (Å²) >= 11 is 6.40. The zero-order chi connectivity index (χ0) is 22.5. The van der Waals surface area contributed by atoms with Gasteiger partial charge in [-0.05, 0) is 36.3 Å². The molecule has 158 valence electrons. The van der Waals surface area contributed by atoms with Crippen molar-refractivity contribution in [3.05, 3.63) is 112 Å². The first-order chi connectivity index (χ1) is 15.6. The first-order valence-corrected chi connectivity index (χ1v) is 10.7. The lowest BCUT2D eigenvalue weighted by molar-refractivity contribution is -0.117. The van der Waals surface area contributed by atoms with Crippen LogP contribution in [0.15, 0.2) is 84.4 Å². The third kappa shape index (κ3) is 4.44. The Balaban J connectivity index is 1.69. The number of carbonyl (C=O) groups excluding carboxylic acids is 1. The highest BCUT2D eigenvalue weighted by molar-refractivity contribution is 6.31. The highest BCUT2D eigenvalue weighted by Crippen LogP contribution is 2.30. The predicted octanol–water partition coefficient (Wildman–Crippen LogP) is 5.87. The van der Waals surface area contributed by atoms with Gasteiger partial charge in [-0.1, -0.05) is 78.3 Å². The molecule has 1 amide bonds. The molecule has 0 atom stereocenters. The van der Waals surface area contributed by atoms with Gasteiger partial charge in [0, 0.05) is 40.3 Å². The Morgan fingerprint density at radius 1 is 1.03 bits per heavy atom. The number of aromatic nitrogens is 1. The molecular weight excluding hydrogens is 418 g/mol. The molecule has 0 fully saturated rings. The van der Waals surface area contributed by atoms with Gasteiger partial charge in [0.1, 0.15) is 11.6 Å². The number of para-hydroxylation sites is 1. The number of benzene rings is 3. The maximum atomic E-state index is 12.7. The van der Waals surface area contributed by atoms with Crippen molar-refractivity contribution in [2.24, 2.45) is 0 Å². The van der Waals surface area contributed by atoms with Gasteiger partial charge in [-0.2, -0.15) is 5.26 Å². The summed E-state index contributed by atoms with van der Waals surface area (Å²) in [4.78, 5) is 12.7. The quantitative estimate of drug-likeness (QED) is 0.301. The van der Waals surface area contributed by atoms with Crippen molar-refractivity contribution in [3.8, 4) is 6.07 Å². The minimum absolute atomic E-state index is 0.0738. The van der Waals surface area contributed by atoms with Crippen LogP contribution in [0.5, 0.6) is 0 Å². The van der Waals surface area contributed by atoms with Crippen LogP contribution in [0.4, 0.5) is 0 Å². The zero-order valence-electron chi connectivity index (χ0n) is 17.7. The van der Waals surface area contributed by atoms with E-state index in [1.54, 1.807) is 6.08 Å². The molecule has 0 radical (unpaired) electrons. The fraction of sp³-hybridized carbons (Fsp3) is 0.111. The van der Waals surface area contributed by atoms with Gasteiger partial charge in [-0.25, -0.2) is 0 Å². The lowest BCUT2D eigenvalue weighted by atomic mass is 10.1. The largest absolute Gasteiger partial charge is 0.347 e. The van der Waals surface area contributed by atoms with E-state index in [1.807, 2.05) is 85.8 Å². The van der Waals surface area contributed by atoms with Gasteiger partial charge in [-0.3, -0.25) is 4.79 Å². The van der Waals surface area contributed by atoms with Crippen LogP contribution in [0.25, 0.3) is 17.0 Å². The van der Waals surface area contributed by atoms with Crippen LogP contribution in [-0.4, -0.2) is 10.5 Å². The minimum Gasteiger partial charge on any atom is -0.347 e. The second-order valence-corrected chi connectivity index (χ2v) is 7.94. The van der Waals surface area contributed by atoms with Gasteiger partial charge in [0.15, 0.2) is 0 Å². The molecule has 1 N–H and O–H groups in total. The molecular formula is C27H22ClN3O. The summed E-state index contributed by atoms with van der Waals surface area (Å²) in [5, 5.41) is 14.2. The van der Waals surface area contributed by atoms with Gasteiger partial charge < -0.3 is 9.88 Å². The lowest BCUT2D eigenvalue weighted by Gasteiger charge is -2.10. The molecule has 0 saturated heterocycles. The average Bonchev–Trinajstić information content (AvgIpc) is 3.08. The van der Waals surface area contributed by atoms with E-state index in [-0.39, 0.29) is 5.57 Å². The number of amides is 1. The Bertz CT molecular complexity index is 1350. The first kappa shape index (κ1) is 21.4. The number of hydrogen-bond acceptors (Lipinski definition) is 2. The molecule has 32 heavy (non-hydrogen) atoms. The third-order valence-electron chi connectivity index (χ3n) is 5.52. The zero-order valence-corrected chi connectivity index (χ0v) is 18.4. The smallest absolute Gasteiger partial charge is 0.262 e. The summed E-state index contributed by atoms with van der Waals surface area (Å²) in [7, 11) is 0. The SMILES string of the molecule is Cc1c(/C=C(\C#N)C(=O)NCc2ccccc2)c2ccccc2n1Cc1ccccc1Cl. The third-order valence-corrected chi connectivity index (χ3v) is 5.88. The number of hydrogen-bond donors (Lipinski definition) is 1. The molecule has 0 aliphatic rings. The fourth-order valence-electron chi connectivity index (χ4n) is 3.81. The maximum Gasteiger partial charge on any atom is 0.262 e. The van der Waals surface area contributed by atoms with Crippen LogP contribution >= 0.6 is 11.6 Å². The molecule has 0 saturated carbocycles. The van der Waals surface area contributed by atoms with Crippen LogP contribution in [0.1, 0.15) is 22.4 Å². The van der Waals surface area contributed by atoms with Crippen molar-refractivity contribution in [2.75, 3.05) is 0 Å². The molecule has 3 aromatic carbocycles. The number of nitrogens with zero attached hydrogens (tertiary/aromatic N) is 2. The summed E-state index contributed by atoms with van der Waals surface area (Å²) in [6.45, 7) is 2.97. The van der Waals surface area contributed by atoms with Crippen LogP contribution in [-0.2, 0) is 17.9 Å². The molecule has 0 bridgehead atoms. The van der Waals surface area contributed by atoms with Gasteiger partial charge in [0.2, 0.25) is 0 Å².